The lowest BCUT2D eigenvalue weighted by molar-refractivity contribution is -0.136. The highest BCUT2D eigenvalue weighted by Gasteiger charge is 2.35. The number of alkyl halides is 2. The average molecular weight is 341 g/mol. The van der Waals surface area contributed by atoms with E-state index >= 15 is 0 Å². The summed E-state index contributed by atoms with van der Waals surface area (Å²) in [5.74, 6) is -0.795. The van der Waals surface area contributed by atoms with E-state index in [2.05, 4.69) is 4.74 Å². The van der Waals surface area contributed by atoms with E-state index < -0.39 is 24.5 Å². The molecule has 0 aromatic heterocycles. The number of ether oxygens (including phenoxy) is 1. The van der Waals surface area contributed by atoms with E-state index in [4.69, 9.17) is 0 Å². The van der Waals surface area contributed by atoms with Crippen molar-refractivity contribution in [2.24, 2.45) is 0 Å². The molecule has 7 nitrogen and oxygen atoms in total. The molecule has 1 aromatic carbocycles. The van der Waals surface area contributed by atoms with Crippen LogP contribution < -0.4 is 4.74 Å². The third-order valence-electron chi connectivity index (χ3n) is 3.52. The molecule has 1 aromatic rings. The Kier molecular flexibility index (Phi) is 5.32. The lowest BCUT2D eigenvalue weighted by Gasteiger charge is -2.20. The lowest BCUT2D eigenvalue weighted by Crippen LogP contribution is -2.41. The first-order valence-electron chi connectivity index (χ1n) is 7.11. The fourth-order valence-corrected chi connectivity index (χ4v) is 2.22. The van der Waals surface area contributed by atoms with Gasteiger partial charge in [-0.25, -0.2) is 4.79 Å². The first-order chi connectivity index (χ1) is 11.3. The predicted molar refractivity (Wildman–Crippen MR) is 79.3 cm³/mol. The summed E-state index contributed by atoms with van der Waals surface area (Å²) >= 11 is 0. The maximum atomic E-state index is 12.2. The van der Waals surface area contributed by atoms with Crippen molar-refractivity contribution in [1.82, 2.24) is 14.7 Å². The Balaban J connectivity index is 1.92. The molecule has 130 valence electrons. The molecule has 0 bridgehead atoms. The zero-order valence-corrected chi connectivity index (χ0v) is 13.2. The van der Waals surface area contributed by atoms with Crippen molar-refractivity contribution in [3.8, 4) is 5.75 Å². The highest BCUT2D eigenvalue weighted by atomic mass is 19.3. The predicted octanol–water partition coefficient (Wildman–Crippen LogP) is 1.14. The Bertz CT molecular complexity index is 636. The number of imide groups is 1. The monoisotopic (exact) mass is 341 g/mol. The number of amides is 4. The van der Waals surface area contributed by atoms with Gasteiger partial charge in [0.2, 0.25) is 5.91 Å². The molecule has 2 rings (SSSR count). The van der Waals surface area contributed by atoms with Crippen LogP contribution >= 0.6 is 0 Å². The van der Waals surface area contributed by atoms with Crippen molar-refractivity contribution in [2.45, 2.75) is 13.2 Å². The summed E-state index contributed by atoms with van der Waals surface area (Å²) in [4.78, 5) is 39.0. The van der Waals surface area contributed by atoms with E-state index in [0.29, 0.717) is 5.56 Å². The van der Waals surface area contributed by atoms with Gasteiger partial charge in [0, 0.05) is 20.6 Å². The number of urea groups is 1. The number of carbonyl (C=O) groups is 3. The molecule has 0 atom stereocenters. The van der Waals surface area contributed by atoms with Crippen molar-refractivity contribution in [1.29, 1.82) is 0 Å². The number of rotatable bonds is 6. The number of hydrogen-bond acceptors (Lipinski definition) is 4. The summed E-state index contributed by atoms with van der Waals surface area (Å²) in [6.45, 7) is -3.06. The maximum Gasteiger partial charge on any atom is 0.387 e. The van der Waals surface area contributed by atoms with Gasteiger partial charge in [-0.2, -0.15) is 8.78 Å². The van der Waals surface area contributed by atoms with Crippen LogP contribution in [-0.4, -0.2) is 66.3 Å². The van der Waals surface area contributed by atoms with Gasteiger partial charge >= 0.3 is 12.6 Å². The summed E-state index contributed by atoms with van der Waals surface area (Å²) in [5.41, 5.74) is 0.698. The summed E-state index contributed by atoms with van der Waals surface area (Å²) in [6, 6.07) is 5.36. The molecule has 0 aliphatic carbocycles. The zero-order valence-electron chi connectivity index (χ0n) is 13.2. The Morgan fingerprint density at radius 3 is 2.42 bits per heavy atom. The summed E-state index contributed by atoms with van der Waals surface area (Å²) in [6.07, 6.45) is 0. The molecule has 0 unspecified atom stereocenters. The second-order valence-electron chi connectivity index (χ2n) is 5.39. The molecule has 0 N–H and O–H groups in total. The number of carbonyl (C=O) groups excluding carboxylic acids is 3. The Morgan fingerprint density at radius 2 is 1.92 bits per heavy atom. The van der Waals surface area contributed by atoms with E-state index in [0.717, 1.165) is 4.90 Å². The molecule has 0 radical (unpaired) electrons. The van der Waals surface area contributed by atoms with Crippen molar-refractivity contribution in [2.75, 3.05) is 27.2 Å². The summed E-state index contributed by atoms with van der Waals surface area (Å²) in [7, 11) is 3.01. The van der Waals surface area contributed by atoms with Gasteiger partial charge in [0.1, 0.15) is 18.8 Å². The van der Waals surface area contributed by atoms with E-state index in [1.165, 1.54) is 36.0 Å². The molecular formula is C15H17F2N3O4. The van der Waals surface area contributed by atoms with Crippen LogP contribution in [0.3, 0.4) is 0 Å². The lowest BCUT2D eigenvalue weighted by atomic mass is 10.2. The van der Waals surface area contributed by atoms with Crippen LogP contribution in [0.2, 0.25) is 0 Å². The molecule has 24 heavy (non-hydrogen) atoms. The van der Waals surface area contributed by atoms with Crippen LogP contribution in [0.4, 0.5) is 13.6 Å². The smallest absolute Gasteiger partial charge is 0.387 e. The van der Waals surface area contributed by atoms with E-state index in [1.54, 1.807) is 12.1 Å². The number of hydrogen-bond donors (Lipinski definition) is 0. The summed E-state index contributed by atoms with van der Waals surface area (Å²) < 4.78 is 28.4. The number of benzene rings is 1. The second-order valence-corrected chi connectivity index (χ2v) is 5.39. The van der Waals surface area contributed by atoms with Crippen molar-refractivity contribution in [3.05, 3.63) is 29.8 Å². The Hall–Kier alpha value is -2.71. The molecule has 0 saturated carbocycles. The maximum absolute atomic E-state index is 12.2. The van der Waals surface area contributed by atoms with Crippen molar-refractivity contribution >= 4 is 17.8 Å². The third kappa shape index (κ3) is 4.18. The minimum absolute atomic E-state index is 0.0269. The highest BCUT2D eigenvalue weighted by molar-refractivity contribution is 6.04. The molecule has 1 aliphatic rings. The van der Waals surface area contributed by atoms with Crippen molar-refractivity contribution < 1.29 is 27.9 Å². The number of halogens is 2. The fourth-order valence-electron chi connectivity index (χ4n) is 2.22. The highest BCUT2D eigenvalue weighted by Crippen LogP contribution is 2.16. The SMILES string of the molecule is CN(Cc1ccc(OC(F)F)cc1)C(=O)CN1C(=O)CN(C)C1=O. The van der Waals surface area contributed by atoms with Crippen LogP contribution in [0.5, 0.6) is 5.75 Å². The third-order valence-corrected chi connectivity index (χ3v) is 3.52. The first kappa shape index (κ1) is 17.6. The minimum Gasteiger partial charge on any atom is -0.435 e. The summed E-state index contributed by atoms with van der Waals surface area (Å²) in [5, 5.41) is 0. The van der Waals surface area contributed by atoms with Gasteiger partial charge < -0.3 is 14.5 Å². The van der Waals surface area contributed by atoms with E-state index in [1.807, 2.05) is 0 Å². The quantitative estimate of drug-likeness (QED) is 0.728. The standard InChI is InChI=1S/C15H17F2N3O4/c1-18(7-10-3-5-11(6-4-10)24-14(16)17)12(21)9-20-13(22)8-19(2)15(20)23/h3-6,14H,7-9H2,1-2H3. The first-order valence-corrected chi connectivity index (χ1v) is 7.11. The van der Waals surface area contributed by atoms with Gasteiger partial charge in [0.05, 0.1) is 0 Å². The van der Waals surface area contributed by atoms with Crippen molar-refractivity contribution in [3.63, 3.8) is 0 Å². The average Bonchev–Trinajstić information content (AvgIpc) is 2.75. The number of nitrogens with zero attached hydrogens (tertiary/aromatic N) is 3. The molecule has 1 fully saturated rings. The van der Waals surface area contributed by atoms with Gasteiger partial charge in [-0.05, 0) is 17.7 Å². The fraction of sp³-hybridized carbons (Fsp3) is 0.400. The molecule has 1 saturated heterocycles. The van der Waals surface area contributed by atoms with Gasteiger partial charge in [-0.3, -0.25) is 14.5 Å². The molecular weight excluding hydrogens is 324 g/mol. The van der Waals surface area contributed by atoms with E-state index in [9.17, 15) is 23.2 Å². The molecule has 1 aliphatic heterocycles. The molecule has 9 heteroatoms. The molecule has 4 amide bonds. The second kappa shape index (κ2) is 7.24. The topological polar surface area (TPSA) is 70.2 Å². The van der Waals surface area contributed by atoms with Crippen LogP contribution in [0, 0.1) is 0 Å². The van der Waals surface area contributed by atoms with Gasteiger partial charge in [0.15, 0.2) is 0 Å². The Morgan fingerprint density at radius 1 is 1.29 bits per heavy atom. The zero-order chi connectivity index (χ0) is 17.9. The van der Waals surface area contributed by atoms with Crippen LogP contribution in [0.1, 0.15) is 5.56 Å². The minimum atomic E-state index is -2.89. The van der Waals surface area contributed by atoms with Crippen LogP contribution in [0.25, 0.3) is 0 Å². The van der Waals surface area contributed by atoms with Gasteiger partial charge in [0.25, 0.3) is 5.91 Å². The number of likely N-dealkylation sites (N-methyl/N-ethyl adjacent to an activating group) is 2. The van der Waals surface area contributed by atoms with Gasteiger partial charge in [-0.1, -0.05) is 12.1 Å². The largest absolute Gasteiger partial charge is 0.435 e. The Labute approximate surface area is 137 Å². The van der Waals surface area contributed by atoms with Crippen LogP contribution in [-0.2, 0) is 16.1 Å². The molecule has 1 heterocycles. The molecule has 0 spiro atoms. The van der Waals surface area contributed by atoms with Crippen LogP contribution in [0.15, 0.2) is 24.3 Å². The van der Waals surface area contributed by atoms with E-state index in [-0.39, 0.29) is 25.4 Å². The van der Waals surface area contributed by atoms with Gasteiger partial charge in [-0.15, -0.1) is 0 Å². The normalized spacial score (nSPS) is 14.5.